The van der Waals surface area contributed by atoms with Crippen molar-refractivity contribution < 1.29 is 9.22 Å². The summed E-state index contributed by atoms with van der Waals surface area (Å²) in [4.78, 5) is 10.8. The molecule has 4 heteroatoms. The molecule has 3 nitrogen and oxygen atoms in total. The molecule has 0 atom stereocenters. The maximum Gasteiger partial charge on any atom is 0.246 e. The molecule has 1 amide bonds. The molecule has 0 fully saturated rings. The van der Waals surface area contributed by atoms with E-state index in [0.29, 0.717) is 11.7 Å². The first-order valence-corrected chi connectivity index (χ1v) is 4.69. The highest BCUT2D eigenvalue weighted by Crippen LogP contribution is 1.83. The monoisotopic (exact) mass is 159 g/mol. The third kappa shape index (κ3) is 4.28. The van der Waals surface area contributed by atoms with E-state index < -0.39 is 9.76 Å². The van der Waals surface area contributed by atoms with E-state index in [4.69, 9.17) is 4.43 Å². The smallest absolute Gasteiger partial charge is 0.246 e. The summed E-state index contributed by atoms with van der Waals surface area (Å²) in [5.74, 6) is -0.0791. The molecule has 0 aromatic carbocycles. The fraction of sp³-hybridized carbons (Fsp3) is 0.500. The molecular formula is C6H13NO2Si. The van der Waals surface area contributed by atoms with Crippen molar-refractivity contribution in [2.24, 2.45) is 0 Å². The van der Waals surface area contributed by atoms with Crippen LogP contribution >= 0.6 is 0 Å². The third-order valence-corrected chi connectivity index (χ3v) is 1.84. The van der Waals surface area contributed by atoms with Crippen molar-refractivity contribution in [2.45, 2.75) is 6.92 Å². The first-order chi connectivity index (χ1) is 4.68. The van der Waals surface area contributed by atoms with Gasteiger partial charge in [0.25, 0.3) is 0 Å². The largest absolute Gasteiger partial charge is 0.425 e. The summed E-state index contributed by atoms with van der Waals surface area (Å²) in [5, 5.41) is 2.68. The lowest BCUT2D eigenvalue weighted by Gasteiger charge is -2.01. The zero-order chi connectivity index (χ0) is 7.98. The Labute approximate surface area is 63.4 Å². The summed E-state index contributed by atoms with van der Waals surface area (Å²) in [6.07, 6.45) is 0.683. The van der Waals surface area contributed by atoms with Crippen molar-refractivity contribution in [1.29, 1.82) is 0 Å². The van der Waals surface area contributed by atoms with Crippen LogP contribution in [0.4, 0.5) is 0 Å². The summed E-state index contributed by atoms with van der Waals surface area (Å²) < 4.78 is 4.87. The predicted octanol–water partition coefficient (Wildman–Crippen LogP) is -0.634. The van der Waals surface area contributed by atoms with Crippen molar-refractivity contribution >= 4 is 15.7 Å². The Kier molecular flexibility index (Phi) is 4.88. The number of amides is 1. The van der Waals surface area contributed by atoms with Gasteiger partial charge in [0.2, 0.25) is 5.91 Å². The van der Waals surface area contributed by atoms with Crippen LogP contribution in [-0.4, -0.2) is 28.9 Å². The minimum Gasteiger partial charge on any atom is -0.425 e. The van der Waals surface area contributed by atoms with Crippen LogP contribution in [0.1, 0.15) is 6.92 Å². The Bertz CT molecular complexity index is 136. The minimum absolute atomic E-state index is 0.0791. The van der Waals surface area contributed by atoms with E-state index >= 15 is 0 Å². The highest BCUT2D eigenvalue weighted by atomic mass is 28.2. The van der Waals surface area contributed by atoms with Gasteiger partial charge in [-0.25, -0.2) is 0 Å². The SMILES string of the molecule is C=C(C)C(=O)NC[SiH2]OC. The normalized spacial score (nSPS) is 10.2. The van der Waals surface area contributed by atoms with Crippen LogP contribution in [0.3, 0.4) is 0 Å². The average molecular weight is 159 g/mol. The van der Waals surface area contributed by atoms with Crippen molar-refractivity contribution in [3.05, 3.63) is 12.2 Å². The zero-order valence-corrected chi connectivity index (χ0v) is 7.85. The molecule has 0 aliphatic rings. The average Bonchev–Trinajstić information content (AvgIpc) is 1.88. The lowest BCUT2D eigenvalue weighted by Crippen LogP contribution is -2.28. The maximum absolute atomic E-state index is 10.8. The topological polar surface area (TPSA) is 38.3 Å². The van der Waals surface area contributed by atoms with Gasteiger partial charge in [-0.2, -0.15) is 0 Å². The summed E-state index contributed by atoms with van der Waals surface area (Å²) in [7, 11) is 1.13. The molecule has 0 rings (SSSR count). The number of hydrogen-bond acceptors (Lipinski definition) is 2. The summed E-state index contributed by atoms with van der Waals surface area (Å²) in [6.45, 7) is 5.18. The summed E-state index contributed by atoms with van der Waals surface area (Å²) >= 11 is 0. The molecule has 0 aromatic rings. The summed E-state index contributed by atoms with van der Waals surface area (Å²) in [5.41, 5.74) is 0.546. The second-order valence-electron chi connectivity index (χ2n) is 2.03. The van der Waals surface area contributed by atoms with Gasteiger partial charge in [-0.3, -0.25) is 4.79 Å². The molecule has 0 radical (unpaired) electrons. The van der Waals surface area contributed by atoms with Gasteiger partial charge >= 0.3 is 0 Å². The minimum atomic E-state index is -0.526. The number of rotatable bonds is 4. The molecule has 0 aliphatic heterocycles. The van der Waals surface area contributed by atoms with Crippen LogP contribution in [-0.2, 0) is 9.22 Å². The van der Waals surface area contributed by atoms with Gasteiger partial charge < -0.3 is 9.74 Å². The van der Waals surface area contributed by atoms with E-state index in [-0.39, 0.29) is 5.91 Å². The number of hydrogen-bond donors (Lipinski definition) is 1. The molecule has 0 unspecified atom stereocenters. The Morgan fingerprint density at radius 1 is 1.80 bits per heavy atom. The van der Waals surface area contributed by atoms with Crippen molar-refractivity contribution in [2.75, 3.05) is 13.3 Å². The second kappa shape index (κ2) is 5.19. The van der Waals surface area contributed by atoms with Crippen molar-refractivity contribution in [3.63, 3.8) is 0 Å². The van der Waals surface area contributed by atoms with E-state index in [1.165, 1.54) is 0 Å². The van der Waals surface area contributed by atoms with Crippen LogP contribution in [0.25, 0.3) is 0 Å². The quantitative estimate of drug-likeness (QED) is 0.337. The van der Waals surface area contributed by atoms with Crippen molar-refractivity contribution in [1.82, 2.24) is 5.32 Å². The van der Waals surface area contributed by atoms with Gasteiger partial charge in [0, 0.05) is 18.9 Å². The number of carbonyl (C=O) groups is 1. The van der Waals surface area contributed by atoms with Gasteiger partial charge in [-0.05, 0) is 6.92 Å². The molecule has 0 aliphatic carbocycles. The number of nitrogens with one attached hydrogen (secondary N) is 1. The number of carbonyl (C=O) groups excluding carboxylic acids is 1. The predicted molar refractivity (Wildman–Crippen MR) is 43.4 cm³/mol. The Hall–Kier alpha value is -0.613. The first-order valence-electron chi connectivity index (χ1n) is 3.11. The second-order valence-corrected chi connectivity index (χ2v) is 3.51. The van der Waals surface area contributed by atoms with Gasteiger partial charge in [0.1, 0.15) is 0 Å². The fourth-order valence-electron chi connectivity index (χ4n) is 0.418. The van der Waals surface area contributed by atoms with Gasteiger partial charge in [-0.15, -0.1) is 0 Å². The van der Waals surface area contributed by atoms with Crippen LogP contribution in [0, 0.1) is 0 Å². The molecule has 0 heterocycles. The van der Waals surface area contributed by atoms with E-state index in [0.717, 1.165) is 0 Å². The van der Waals surface area contributed by atoms with E-state index in [9.17, 15) is 4.79 Å². The third-order valence-electron chi connectivity index (χ3n) is 0.979. The molecule has 0 aromatic heterocycles. The summed E-state index contributed by atoms with van der Waals surface area (Å²) in [6, 6.07) is 0. The molecule has 58 valence electrons. The fourth-order valence-corrected chi connectivity index (χ4v) is 0.951. The van der Waals surface area contributed by atoms with Crippen LogP contribution in [0.15, 0.2) is 12.2 Å². The molecule has 0 spiro atoms. The van der Waals surface area contributed by atoms with E-state index in [1.54, 1.807) is 14.0 Å². The Morgan fingerprint density at radius 3 is 2.80 bits per heavy atom. The highest BCUT2D eigenvalue weighted by molar-refractivity contribution is 6.28. The van der Waals surface area contributed by atoms with Crippen molar-refractivity contribution in [3.8, 4) is 0 Å². The van der Waals surface area contributed by atoms with Gasteiger partial charge in [0.05, 0.1) is 0 Å². The van der Waals surface area contributed by atoms with Crippen LogP contribution in [0.2, 0.25) is 0 Å². The molecular weight excluding hydrogens is 146 g/mol. The standard InChI is InChI=1S/C6H13NO2Si/c1-5(2)6(8)7-4-10-9-3/h1,4,10H2,2-3H3,(H,7,8). The zero-order valence-electron chi connectivity index (χ0n) is 6.44. The molecule has 0 saturated carbocycles. The Morgan fingerprint density at radius 2 is 2.40 bits per heavy atom. The molecule has 0 bridgehead atoms. The first kappa shape index (κ1) is 9.39. The highest BCUT2D eigenvalue weighted by Gasteiger charge is 1.98. The lowest BCUT2D eigenvalue weighted by molar-refractivity contribution is -0.117. The molecule has 10 heavy (non-hydrogen) atoms. The molecule has 1 N–H and O–H groups in total. The van der Waals surface area contributed by atoms with Gasteiger partial charge in [-0.1, -0.05) is 6.58 Å². The van der Waals surface area contributed by atoms with Gasteiger partial charge in [0.15, 0.2) is 9.76 Å². The van der Waals surface area contributed by atoms with E-state index in [2.05, 4.69) is 11.9 Å². The van der Waals surface area contributed by atoms with Crippen LogP contribution in [0.5, 0.6) is 0 Å². The molecule has 0 saturated heterocycles. The lowest BCUT2D eigenvalue weighted by atomic mass is 10.3. The Balaban J connectivity index is 3.31. The maximum atomic E-state index is 10.8. The van der Waals surface area contributed by atoms with E-state index in [1.807, 2.05) is 0 Å². The van der Waals surface area contributed by atoms with Crippen LogP contribution < -0.4 is 5.32 Å².